The van der Waals surface area contributed by atoms with Crippen molar-refractivity contribution in [1.29, 1.82) is 0 Å². The highest BCUT2D eigenvalue weighted by molar-refractivity contribution is 7.92. The molecule has 38 heavy (non-hydrogen) atoms. The van der Waals surface area contributed by atoms with E-state index in [1.54, 1.807) is 5.38 Å². The maximum absolute atomic E-state index is 12.2. The number of aliphatic hydroxyl groups is 1. The van der Waals surface area contributed by atoms with E-state index in [1.807, 2.05) is 4.72 Å². The Hall–Kier alpha value is -1.19. The molecule has 0 aromatic carbocycles. The van der Waals surface area contributed by atoms with Gasteiger partial charge in [0.05, 0.1) is 12.7 Å². The van der Waals surface area contributed by atoms with Gasteiger partial charge in [-0.15, -0.1) is 11.3 Å². The molecule has 4 aliphatic carbocycles. The Bertz CT molecular complexity index is 1090. The van der Waals surface area contributed by atoms with Crippen LogP contribution in [0.5, 0.6) is 0 Å². The van der Waals surface area contributed by atoms with Crippen molar-refractivity contribution in [2.75, 3.05) is 6.61 Å². The summed E-state index contributed by atoms with van der Waals surface area (Å²) in [6.07, 6.45) is 11.9. The van der Waals surface area contributed by atoms with Gasteiger partial charge in [-0.1, -0.05) is 34.1 Å². The number of nitrogens with zero attached hydrogens (tertiary/aromatic N) is 1. The van der Waals surface area contributed by atoms with Gasteiger partial charge in [0.1, 0.15) is 0 Å². The first-order valence-electron chi connectivity index (χ1n) is 14.8. The fourth-order valence-electron chi connectivity index (χ4n) is 9.97. The van der Waals surface area contributed by atoms with Gasteiger partial charge in [-0.2, -0.15) is 8.42 Å². The Morgan fingerprint density at radius 3 is 2.61 bits per heavy atom. The van der Waals surface area contributed by atoms with Gasteiger partial charge in [0.25, 0.3) is 10.0 Å². The number of carbonyl (C=O) groups excluding carboxylic acids is 1. The molecule has 1 amide bonds. The van der Waals surface area contributed by atoms with Crippen molar-refractivity contribution in [3.63, 3.8) is 0 Å². The van der Waals surface area contributed by atoms with Gasteiger partial charge >= 0.3 is 6.09 Å². The topological polar surface area (TPSA) is 106 Å². The summed E-state index contributed by atoms with van der Waals surface area (Å²) in [5.74, 6) is 4.71. The Balaban J connectivity index is 1.20. The monoisotopic (exact) mass is 566 g/mol. The van der Waals surface area contributed by atoms with Crippen LogP contribution in [0.25, 0.3) is 0 Å². The fourth-order valence-corrected chi connectivity index (χ4v) is 11.7. The number of fused-ring (bicyclic) bond motifs is 5. The number of nitrogens with one attached hydrogen (secondary N) is 1. The highest BCUT2D eigenvalue weighted by atomic mass is 32.2. The largest absolute Gasteiger partial charge is 0.449 e. The lowest BCUT2D eigenvalue weighted by Crippen LogP contribution is -2.56. The molecule has 5 rings (SSSR count). The van der Waals surface area contributed by atoms with Crippen molar-refractivity contribution in [3.8, 4) is 0 Å². The van der Waals surface area contributed by atoms with Crippen LogP contribution < -0.4 is 4.72 Å². The Morgan fingerprint density at radius 1 is 1.16 bits per heavy atom. The predicted octanol–water partition coefficient (Wildman–Crippen LogP) is 6.24. The Labute approximate surface area is 232 Å². The first-order chi connectivity index (χ1) is 18.0. The van der Waals surface area contributed by atoms with Crippen molar-refractivity contribution >= 4 is 27.5 Å². The smallest absolute Gasteiger partial charge is 0.421 e. The number of hydrogen-bond acceptors (Lipinski definition) is 7. The van der Waals surface area contributed by atoms with Gasteiger partial charge in [-0.25, -0.2) is 14.5 Å². The molecule has 2 N–H and O–H groups in total. The second-order valence-corrected chi connectivity index (χ2v) is 16.1. The highest BCUT2D eigenvalue weighted by Gasteiger charge is 2.62. The number of hydrogen-bond donors (Lipinski definition) is 2. The van der Waals surface area contributed by atoms with Crippen molar-refractivity contribution < 1.29 is 23.1 Å². The molecule has 0 unspecified atom stereocenters. The van der Waals surface area contributed by atoms with E-state index in [0.717, 1.165) is 54.3 Å². The van der Waals surface area contributed by atoms with E-state index in [1.165, 1.54) is 51.1 Å². The van der Waals surface area contributed by atoms with Crippen molar-refractivity contribution in [1.82, 2.24) is 9.71 Å². The summed E-state index contributed by atoms with van der Waals surface area (Å²) in [4.78, 5) is 15.9. The van der Waals surface area contributed by atoms with E-state index in [0.29, 0.717) is 28.6 Å². The molecule has 0 bridgehead atoms. The van der Waals surface area contributed by atoms with Crippen molar-refractivity contribution in [3.05, 3.63) is 11.6 Å². The summed E-state index contributed by atoms with van der Waals surface area (Å²) in [6, 6.07) is 0. The molecule has 0 saturated heterocycles. The molecule has 1 aromatic heterocycles. The third-order valence-corrected chi connectivity index (χ3v) is 14.3. The minimum atomic E-state index is -3.97. The molecule has 0 spiro atoms. The molecule has 1 aromatic rings. The van der Waals surface area contributed by atoms with Crippen LogP contribution in [0, 0.1) is 52.3 Å². The maximum atomic E-state index is 12.2. The van der Waals surface area contributed by atoms with Crippen LogP contribution in [0.15, 0.2) is 15.9 Å². The lowest BCUT2D eigenvalue weighted by Gasteiger charge is -2.63. The van der Waals surface area contributed by atoms with Gasteiger partial charge < -0.3 is 9.84 Å². The molecule has 4 aliphatic rings. The summed E-state index contributed by atoms with van der Waals surface area (Å²) < 4.78 is 31.6. The van der Waals surface area contributed by atoms with E-state index < -0.39 is 16.1 Å². The van der Waals surface area contributed by atoms with Crippen LogP contribution in [0.1, 0.15) is 91.9 Å². The average Bonchev–Trinajstić information content (AvgIpc) is 3.52. The highest BCUT2D eigenvalue weighted by Crippen LogP contribution is 2.69. The molecule has 0 aliphatic heterocycles. The molecule has 1 heterocycles. The molecule has 214 valence electrons. The van der Waals surface area contributed by atoms with Gasteiger partial charge in [0.2, 0.25) is 4.34 Å². The van der Waals surface area contributed by atoms with E-state index in [4.69, 9.17) is 4.74 Å². The number of ether oxygens (including phenoxy) is 1. The summed E-state index contributed by atoms with van der Waals surface area (Å²) in [6.45, 7) is 9.96. The van der Waals surface area contributed by atoms with E-state index in [2.05, 4.69) is 32.7 Å². The SMILES string of the molecule is CC[C@H]1C[C@@H]2[C@H](CC[C@]3(C)[C@@H]([C@H](C)CCOC(=O)NS(=O)(=O)c4nccs4)CC[C@@H]23)[C@@]2(C)CC[C@@H](O)C[C@@H]12. The lowest BCUT2D eigenvalue weighted by molar-refractivity contribution is -0.152. The normalized spacial score (nSPS) is 41.4. The lowest BCUT2D eigenvalue weighted by atomic mass is 9.42. The van der Waals surface area contributed by atoms with Gasteiger partial charge in [-0.3, -0.25) is 0 Å². The number of rotatable bonds is 7. The van der Waals surface area contributed by atoms with E-state index in [-0.39, 0.29) is 17.1 Å². The van der Waals surface area contributed by atoms with E-state index in [9.17, 15) is 18.3 Å². The average molecular weight is 567 g/mol. The predicted molar refractivity (Wildman–Crippen MR) is 148 cm³/mol. The van der Waals surface area contributed by atoms with Crippen LogP contribution in [-0.4, -0.2) is 37.3 Å². The summed E-state index contributed by atoms with van der Waals surface area (Å²) in [5, 5.41) is 12.0. The fraction of sp³-hybridized carbons (Fsp3) is 0.862. The number of aliphatic hydroxyl groups excluding tert-OH is 1. The van der Waals surface area contributed by atoms with Crippen molar-refractivity contribution in [2.45, 2.75) is 102 Å². The third-order valence-electron chi connectivity index (χ3n) is 11.8. The number of thiazole rings is 1. The second kappa shape index (κ2) is 10.7. The van der Waals surface area contributed by atoms with Gasteiger partial charge in [0.15, 0.2) is 0 Å². The first-order valence-corrected chi connectivity index (χ1v) is 17.1. The molecule has 9 heteroatoms. The summed E-state index contributed by atoms with van der Waals surface area (Å²) >= 11 is 0.962. The third kappa shape index (κ3) is 4.93. The quantitative estimate of drug-likeness (QED) is 0.405. The molecule has 4 fully saturated rings. The number of aromatic nitrogens is 1. The second-order valence-electron chi connectivity index (χ2n) is 13.4. The standard InChI is InChI=1S/C29H46N2O5S2/c1-5-19-16-21-23-7-6-22(18(2)10-14-36-26(33)31-38(34,35)27-30-13-15-37-27)28(23,3)12-9-24(21)29(4)11-8-20(32)17-25(19)29/h13,15,18-25,32H,5-12,14,16-17H2,1-4H3,(H,31,33)/t18-,19+,20-,21+,22-,23+,24+,25+,28-,29-/m1/s1. The molecule has 4 saturated carbocycles. The molecule has 10 atom stereocenters. The molecular weight excluding hydrogens is 520 g/mol. The summed E-state index contributed by atoms with van der Waals surface area (Å²) in [7, 11) is -3.97. The van der Waals surface area contributed by atoms with Crippen LogP contribution in [0.3, 0.4) is 0 Å². The maximum Gasteiger partial charge on any atom is 0.421 e. The Morgan fingerprint density at radius 2 is 1.89 bits per heavy atom. The van der Waals surface area contributed by atoms with Crippen LogP contribution >= 0.6 is 11.3 Å². The Kier molecular flexibility index (Phi) is 7.95. The van der Waals surface area contributed by atoms with Crippen molar-refractivity contribution in [2.24, 2.45) is 52.3 Å². The van der Waals surface area contributed by atoms with Crippen LogP contribution in [0.4, 0.5) is 4.79 Å². The minimum absolute atomic E-state index is 0.110. The first kappa shape index (κ1) is 28.3. The number of sulfonamides is 1. The van der Waals surface area contributed by atoms with Gasteiger partial charge in [-0.05, 0) is 110 Å². The summed E-state index contributed by atoms with van der Waals surface area (Å²) in [5.41, 5.74) is 0.681. The van der Waals surface area contributed by atoms with Crippen LogP contribution in [0.2, 0.25) is 0 Å². The van der Waals surface area contributed by atoms with Gasteiger partial charge in [0, 0.05) is 11.6 Å². The van der Waals surface area contributed by atoms with Crippen LogP contribution in [-0.2, 0) is 14.8 Å². The zero-order valence-corrected chi connectivity index (χ0v) is 25.0. The minimum Gasteiger partial charge on any atom is -0.449 e. The zero-order valence-electron chi connectivity index (χ0n) is 23.4. The number of carbonyl (C=O) groups is 1. The van der Waals surface area contributed by atoms with E-state index >= 15 is 0 Å². The zero-order chi connectivity index (χ0) is 27.3. The molecular formula is C29H46N2O5S2. The molecule has 0 radical (unpaired) electrons. The molecule has 7 nitrogen and oxygen atoms in total. The number of amides is 1.